The van der Waals surface area contributed by atoms with Gasteiger partial charge in [0, 0.05) is 19.0 Å². The van der Waals surface area contributed by atoms with Gasteiger partial charge in [-0.05, 0) is 30.4 Å². The van der Waals surface area contributed by atoms with Crippen LogP contribution in [0.25, 0.3) is 0 Å². The predicted octanol–water partition coefficient (Wildman–Crippen LogP) is 3.18. The maximum atomic E-state index is 12.7. The Kier molecular flexibility index (Phi) is 5.11. The Bertz CT molecular complexity index is 526. The third-order valence-electron chi connectivity index (χ3n) is 3.91. The monoisotopic (exact) mass is 315 g/mol. The second kappa shape index (κ2) is 6.69. The van der Waals surface area contributed by atoms with Gasteiger partial charge in [0.15, 0.2) is 0 Å². The number of amides is 1. The van der Waals surface area contributed by atoms with Crippen LogP contribution in [0.2, 0.25) is 0 Å². The molecule has 6 heteroatoms. The van der Waals surface area contributed by atoms with E-state index < -0.39 is 11.7 Å². The summed E-state index contributed by atoms with van der Waals surface area (Å²) in [4.78, 5) is 13.9. The third kappa shape index (κ3) is 4.22. The molecule has 1 aromatic carbocycles. The molecule has 22 heavy (non-hydrogen) atoms. The molecule has 3 nitrogen and oxygen atoms in total. The molecule has 1 aromatic rings. The molecule has 2 rings (SSSR count). The van der Waals surface area contributed by atoms with Crippen LogP contribution >= 0.6 is 0 Å². The van der Waals surface area contributed by atoms with Crippen molar-refractivity contribution in [1.82, 2.24) is 4.90 Å². The van der Waals surface area contributed by atoms with Gasteiger partial charge in [-0.25, -0.2) is 0 Å². The average molecular weight is 315 g/mol. The van der Waals surface area contributed by atoms with Gasteiger partial charge in [-0.3, -0.25) is 4.79 Å². The first-order chi connectivity index (χ1) is 10.3. The van der Waals surface area contributed by atoms with E-state index in [-0.39, 0.29) is 30.9 Å². The third-order valence-corrected chi connectivity index (χ3v) is 3.91. The molecule has 0 bridgehead atoms. The van der Waals surface area contributed by atoms with Crippen LogP contribution in [0.5, 0.6) is 0 Å². The van der Waals surface area contributed by atoms with Crippen LogP contribution in [0.4, 0.5) is 13.2 Å². The molecule has 1 atom stereocenters. The van der Waals surface area contributed by atoms with Gasteiger partial charge in [0.25, 0.3) is 0 Å². The quantitative estimate of drug-likeness (QED) is 0.876. The first-order valence-corrected chi connectivity index (χ1v) is 7.40. The first-order valence-electron chi connectivity index (χ1n) is 7.40. The van der Waals surface area contributed by atoms with Gasteiger partial charge in [-0.15, -0.1) is 0 Å². The highest BCUT2D eigenvalue weighted by molar-refractivity contribution is 5.77. The Labute approximate surface area is 127 Å². The SMILES string of the molecule is CC(CC(=O)N(CCO)C1CC1)c1cccc(C(F)(F)F)c1. The number of carbonyl (C=O) groups is 1. The lowest BCUT2D eigenvalue weighted by Crippen LogP contribution is -2.36. The van der Waals surface area contributed by atoms with Crippen molar-refractivity contribution in [2.45, 2.75) is 44.3 Å². The van der Waals surface area contributed by atoms with Gasteiger partial charge in [0.1, 0.15) is 0 Å². The number of hydrogen-bond acceptors (Lipinski definition) is 2. The molecule has 0 aliphatic heterocycles. The van der Waals surface area contributed by atoms with E-state index in [1.54, 1.807) is 17.9 Å². The molecule has 0 spiro atoms. The predicted molar refractivity (Wildman–Crippen MR) is 76.3 cm³/mol. The van der Waals surface area contributed by atoms with Crippen LogP contribution < -0.4 is 0 Å². The van der Waals surface area contributed by atoms with Crippen molar-refractivity contribution in [2.24, 2.45) is 0 Å². The topological polar surface area (TPSA) is 40.5 Å². The molecule has 0 radical (unpaired) electrons. The Morgan fingerprint density at radius 1 is 1.41 bits per heavy atom. The zero-order valence-corrected chi connectivity index (χ0v) is 12.4. The van der Waals surface area contributed by atoms with E-state index in [0.29, 0.717) is 12.1 Å². The van der Waals surface area contributed by atoms with Crippen molar-refractivity contribution in [1.29, 1.82) is 0 Å². The van der Waals surface area contributed by atoms with Crippen molar-refractivity contribution < 1.29 is 23.1 Å². The number of benzene rings is 1. The van der Waals surface area contributed by atoms with Crippen LogP contribution in [-0.2, 0) is 11.0 Å². The minimum atomic E-state index is -4.38. The van der Waals surface area contributed by atoms with Crippen molar-refractivity contribution in [3.05, 3.63) is 35.4 Å². The summed E-state index contributed by atoms with van der Waals surface area (Å²) >= 11 is 0. The van der Waals surface area contributed by atoms with Gasteiger partial charge < -0.3 is 10.0 Å². The van der Waals surface area contributed by atoms with E-state index in [4.69, 9.17) is 5.11 Å². The van der Waals surface area contributed by atoms with Crippen LogP contribution in [0.1, 0.15) is 43.2 Å². The molecular formula is C16H20F3NO2. The molecular weight excluding hydrogens is 295 g/mol. The Morgan fingerprint density at radius 2 is 2.09 bits per heavy atom. The molecule has 1 N–H and O–H groups in total. The van der Waals surface area contributed by atoms with Crippen LogP contribution in [0.3, 0.4) is 0 Å². The summed E-state index contributed by atoms with van der Waals surface area (Å²) in [5, 5.41) is 9.02. The van der Waals surface area contributed by atoms with E-state index >= 15 is 0 Å². The van der Waals surface area contributed by atoms with Crippen molar-refractivity contribution in [2.75, 3.05) is 13.2 Å². The number of nitrogens with zero attached hydrogens (tertiary/aromatic N) is 1. The van der Waals surface area contributed by atoms with Gasteiger partial charge in [0.2, 0.25) is 5.91 Å². The van der Waals surface area contributed by atoms with E-state index in [9.17, 15) is 18.0 Å². The van der Waals surface area contributed by atoms with E-state index in [1.807, 2.05) is 0 Å². The largest absolute Gasteiger partial charge is 0.416 e. The minimum absolute atomic E-state index is 0.0970. The number of hydrogen-bond donors (Lipinski definition) is 1. The van der Waals surface area contributed by atoms with Crippen molar-refractivity contribution >= 4 is 5.91 Å². The Balaban J connectivity index is 2.05. The number of rotatable bonds is 6. The fraction of sp³-hybridized carbons (Fsp3) is 0.562. The van der Waals surface area contributed by atoms with Gasteiger partial charge in [-0.1, -0.05) is 25.1 Å². The molecule has 0 aromatic heterocycles. The summed E-state index contributed by atoms with van der Waals surface area (Å²) in [7, 11) is 0. The highest BCUT2D eigenvalue weighted by Gasteiger charge is 2.33. The molecule has 1 amide bonds. The number of alkyl halides is 3. The van der Waals surface area contributed by atoms with Gasteiger partial charge in [-0.2, -0.15) is 13.2 Å². The number of carbonyl (C=O) groups excluding carboxylic acids is 1. The van der Waals surface area contributed by atoms with Crippen LogP contribution in [0.15, 0.2) is 24.3 Å². The fourth-order valence-electron chi connectivity index (χ4n) is 2.52. The second-order valence-electron chi connectivity index (χ2n) is 5.77. The zero-order valence-electron chi connectivity index (χ0n) is 12.4. The second-order valence-corrected chi connectivity index (χ2v) is 5.77. The molecule has 122 valence electrons. The van der Waals surface area contributed by atoms with Crippen molar-refractivity contribution in [3.8, 4) is 0 Å². The maximum absolute atomic E-state index is 12.7. The Hall–Kier alpha value is -1.56. The molecule has 1 unspecified atom stereocenters. The van der Waals surface area contributed by atoms with Crippen molar-refractivity contribution in [3.63, 3.8) is 0 Å². The fourth-order valence-corrected chi connectivity index (χ4v) is 2.52. The normalized spacial score (nSPS) is 16.4. The molecule has 1 fully saturated rings. The first kappa shape index (κ1) is 16.8. The summed E-state index contributed by atoms with van der Waals surface area (Å²) in [6.07, 6.45) is -2.36. The summed E-state index contributed by atoms with van der Waals surface area (Å²) in [6.45, 7) is 1.94. The lowest BCUT2D eigenvalue weighted by atomic mass is 9.95. The molecule has 1 saturated carbocycles. The molecule has 0 heterocycles. The summed E-state index contributed by atoms with van der Waals surface area (Å²) < 4.78 is 38.2. The summed E-state index contributed by atoms with van der Waals surface area (Å²) in [5.41, 5.74) is -0.193. The van der Waals surface area contributed by atoms with Gasteiger partial charge in [0.05, 0.1) is 12.2 Å². The number of aliphatic hydroxyl groups excluding tert-OH is 1. The van der Waals surface area contributed by atoms with E-state index in [0.717, 1.165) is 25.0 Å². The molecule has 0 saturated heterocycles. The average Bonchev–Trinajstić information content (AvgIpc) is 3.28. The van der Waals surface area contributed by atoms with Gasteiger partial charge >= 0.3 is 6.18 Å². The Morgan fingerprint density at radius 3 is 2.64 bits per heavy atom. The van der Waals surface area contributed by atoms with Crippen LogP contribution in [-0.4, -0.2) is 35.1 Å². The van der Waals surface area contributed by atoms with E-state index in [1.165, 1.54) is 6.07 Å². The lowest BCUT2D eigenvalue weighted by Gasteiger charge is -2.23. The van der Waals surface area contributed by atoms with Crippen LogP contribution in [0, 0.1) is 0 Å². The number of halogens is 3. The minimum Gasteiger partial charge on any atom is -0.395 e. The summed E-state index contributed by atoms with van der Waals surface area (Å²) in [6, 6.07) is 5.30. The lowest BCUT2D eigenvalue weighted by molar-refractivity contribution is -0.137. The highest BCUT2D eigenvalue weighted by atomic mass is 19.4. The summed E-state index contributed by atoms with van der Waals surface area (Å²) in [5.74, 6) is -0.406. The smallest absolute Gasteiger partial charge is 0.395 e. The van der Waals surface area contributed by atoms with E-state index in [2.05, 4.69) is 0 Å². The molecule has 1 aliphatic carbocycles. The number of aliphatic hydroxyl groups is 1. The zero-order chi connectivity index (χ0) is 16.3. The molecule has 1 aliphatic rings. The highest BCUT2D eigenvalue weighted by Crippen LogP contribution is 2.33. The standard InChI is InChI=1S/C16H20F3NO2/c1-11(9-15(22)20(7-8-21)14-5-6-14)12-3-2-4-13(10-12)16(17,18)19/h2-4,10-11,14,21H,5-9H2,1H3. The maximum Gasteiger partial charge on any atom is 0.416 e.